The fraction of sp³-hybridized carbons (Fsp3) is 0.593. The summed E-state index contributed by atoms with van der Waals surface area (Å²) in [5.41, 5.74) is 1.02. The Hall–Kier alpha value is -1.83. The SMILES string of the molecule is C=CNC(C(=O)CCCCCCC/C=C\CCCCCCCC)c1ccccc1. The molecule has 0 aliphatic heterocycles. The van der Waals surface area contributed by atoms with Crippen molar-refractivity contribution < 1.29 is 4.79 Å². The molecule has 1 rings (SSSR count). The van der Waals surface area contributed by atoms with Crippen LogP contribution < -0.4 is 5.32 Å². The number of allylic oxidation sites excluding steroid dienone is 2. The molecular formula is C27H43NO. The predicted octanol–water partition coefficient (Wildman–Crippen LogP) is 8.07. The van der Waals surface area contributed by atoms with Crippen molar-refractivity contribution in [3.05, 3.63) is 60.8 Å². The number of rotatable bonds is 19. The Kier molecular flexibility index (Phi) is 15.8. The second-order valence-electron chi connectivity index (χ2n) is 8.02. The van der Waals surface area contributed by atoms with Crippen LogP contribution >= 0.6 is 0 Å². The van der Waals surface area contributed by atoms with E-state index in [2.05, 4.69) is 31.0 Å². The van der Waals surface area contributed by atoms with Crippen molar-refractivity contribution in [2.24, 2.45) is 0 Å². The van der Waals surface area contributed by atoms with Gasteiger partial charge >= 0.3 is 0 Å². The van der Waals surface area contributed by atoms with Crippen molar-refractivity contribution in [3.8, 4) is 0 Å². The highest BCUT2D eigenvalue weighted by Gasteiger charge is 2.17. The molecule has 1 aromatic rings. The minimum Gasteiger partial charge on any atom is -0.378 e. The van der Waals surface area contributed by atoms with Gasteiger partial charge in [-0.3, -0.25) is 4.79 Å². The first kappa shape index (κ1) is 25.2. The Morgan fingerprint density at radius 1 is 0.862 bits per heavy atom. The number of hydrogen-bond acceptors (Lipinski definition) is 2. The van der Waals surface area contributed by atoms with Crippen LogP contribution in [0.5, 0.6) is 0 Å². The lowest BCUT2D eigenvalue weighted by Gasteiger charge is -2.16. The fourth-order valence-electron chi connectivity index (χ4n) is 3.65. The molecule has 1 N–H and O–H groups in total. The average molecular weight is 398 g/mol. The van der Waals surface area contributed by atoms with Crippen LogP contribution in [0.3, 0.4) is 0 Å². The second kappa shape index (κ2) is 18.2. The van der Waals surface area contributed by atoms with Gasteiger partial charge in [0, 0.05) is 6.42 Å². The standard InChI is InChI=1S/C27H43NO/c1-3-5-6-7-8-9-10-11-12-13-14-15-16-17-21-24-26(29)27(28-4-2)25-22-19-18-20-23-25/h4,11-12,18-20,22-23,27-28H,2-3,5-10,13-17,21,24H2,1H3/b12-11-. The summed E-state index contributed by atoms with van der Waals surface area (Å²) in [6.07, 6.45) is 23.6. The molecule has 0 saturated carbocycles. The first-order valence-corrected chi connectivity index (χ1v) is 11.9. The average Bonchev–Trinajstić information content (AvgIpc) is 2.75. The highest BCUT2D eigenvalue weighted by molar-refractivity contribution is 5.85. The third kappa shape index (κ3) is 13.1. The van der Waals surface area contributed by atoms with E-state index in [1.807, 2.05) is 30.3 Å². The van der Waals surface area contributed by atoms with E-state index in [1.165, 1.54) is 70.6 Å². The quantitative estimate of drug-likeness (QED) is 0.189. The zero-order valence-electron chi connectivity index (χ0n) is 18.7. The molecule has 29 heavy (non-hydrogen) atoms. The molecule has 1 unspecified atom stereocenters. The smallest absolute Gasteiger partial charge is 0.159 e. The van der Waals surface area contributed by atoms with Gasteiger partial charge in [-0.15, -0.1) is 0 Å². The largest absolute Gasteiger partial charge is 0.378 e. The van der Waals surface area contributed by atoms with Gasteiger partial charge in [-0.2, -0.15) is 0 Å². The molecule has 162 valence electrons. The first-order valence-electron chi connectivity index (χ1n) is 11.9. The summed E-state index contributed by atoms with van der Waals surface area (Å²) >= 11 is 0. The van der Waals surface area contributed by atoms with Crippen LogP contribution in [-0.2, 0) is 4.79 Å². The molecule has 0 amide bonds. The van der Waals surface area contributed by atoms with E-state index >= 15 is 0 Å². The number of unbranched alkanes of at least 4 members (excludes halogenated alkanes) is 11. The minimum atomic E-state index is -0.259. The Morgan fingerprint density at radius 2 is 1.41 bits per heavy atom. The van der Waals surface area contributed by atoms with Crippen LogP contribution in [0.1, 0.15) is 108 Å². The highest BCUT2D eigenvalue weighted by atomic mass is 16.1. The zero-order chi connectivity index (χ0) is 21.0. The molecule has 0 fully saturated rings. The van der Waals surface area contributed by atoms with Gasteiger partial charge in [-0.1, -0.05) is 107 Å². The number of benzene rings is 1. The topological polar surface area (TPSA) is 29.1 Å². The van der Waals surface area contributed by atoms with Gasteiger partial charge in [0.15, 0.2) is 5.78 Å². The van der Waals surface area contributed by atoms with Crippen molar-refractivity contribution in [1.82, 2.24) is 5.32 Å². The molecule has 1 aromatic carbocycles. The van der Waals surface area contributed by atoms with E-state index in [1.54, 1.807) is 6.20 Å². The third-order valence-corrected chi connectivity index (χ3v) is 5.42. The summed E-state index contributed by atoms with van der Waals surface area (Å²) in [5.74, 6) is 0.258. The normalized spacial score (nSPS) is 12.2. The van der Waals surface area contributed by atoms with Gasteiger partial charge < -0.3 is 5.32 Å². The molecule has 0 heterocycles. The highest BCUT2D eigenvalue weighted by Crippen LogP contribution is 2.18. The second-order valence-corrected chi connectivity index (χ2v) is 8.02. The Bertz CT molecular complexity index is 549. The van der Waals surface area contributed by atoms with E-state index in [4.69, 9.17) is 0 Å². The molecule has 0 aliphatic carbocycles. The van der Waals surface area contributed by atoms with Gasteiger partial charge in [0.2, 0.25) is 0 Å². The third-order valence-electron chi connectivity index (χ3n) is 5.42. The number of nitrogens with one attached hydrogen (secondary N) is 1. The molecule has 0 aliphatic rings. The van der Waals surface area contributed by atoms with Crippen LogP contribution in [0.2, 0.25) is 0 Å². The maximum Gasteiger partial charge on any atom is 0.159 e. The van der Waals surface area contributed by atoms with Gasteiger partial charge in [0.1, 0.15) is 6.04 Å². The van der Waals surface area contributed by atoms with E-state index in [9.17, 15) is 4.79 Å². The fourth-order valence-corrected chi connectivity index (χ4v) is 3.65. The van der Waals surface area contributed by atoms with Crippen LogP contribution in [0, 0.1) is 0 Å². The van der Waals surface area contributed by atoms with E-state index in [0.29, 0.717) is 6.42 Å². The Morgan fingerprint density at radius 3 is 2.00 bits per heavy atom. The van der Waals surface area contributed by atoms with Gasteiger partial charge in [-0.05, 0) is 43.9 Å². The van der Waals surface area contributed by atoms with Gasteiger partial charge in [0.25, 0.3) is 0 Å². The number of ketones is 1. The maximum atomic E-state index is 12.5. The molecule has 0 bridgehead atoms. The lowest BCUT2D eigenvalue weighted by molar-refractivity contribution is -0.121. The van der Waals surface area contributed by atoms with Gasteiger partial charge in [0.05, 0.1) is 0 Å². The minimum absolute atomic E-state index is 0.258. The summed E-state index contributed by atoms with van der Waals surface area (Å²) in [6, 6.07) is 9.66. The number of Topliss-reactive ketones (excluding diaryl/α,β-unsaturated/α-hetero) is 1. The van der Waals surface area contributed by atoms with Crippen LogP contribution in [-0.4, -0.2) is 5.78 Å². The molecule has 2 nitrogen and oxygen atoms in total. The van der Waals surface area contributed by atoms with Crippen molar-refractivity contribution in [2.75, 3.05) is 0 Å². The van der Waals surface area contributed by atoms with E-state index in [-0.39, 0.29) is 11.8 Å². The lowest BCUT2D eigenvalue weighted by atomic mass is 9.98. The molecule has 1 atom stereocenters. The van der Waals surface area contributed by atoms with Crippen LogP contribution in [0.25, 0.3) is 0 Å². The zero-order valence-corrected chi connectivity index (χ0v) is 18.7. The summed E-state index contributed by atoms with van der Waals surface area (Å²) in [4.78, 5) is 12.5. The lowest BCUT2D eigenvalue weighted by Crippen LogP contribution is -2.24. The predicted molar refractivity (Wildman–Crippen MR) is 127 cm³/mol. The Labute approximate surface area is 179 Å². The molecule has 2 heteroatoms. The molecular weight excluding hydrogens is 354 g/mol. The molecule has 0 saturated heterocycles. The molecule has 0 radical (unpaired) electrons. The van der Waals surface area contributed by atoms with Crippen molar-refractivity contribution in [1.29, 1.82) is 0 Å². The van der Waals surface area contributed by atoms with Gasteiger partial charge in [-0.25, -0.2) is 0 Å². The monoisotopic (exact) mass is 397 g/mol. The molecule has 0 spiro atoms. The van der Waals surface area contributed by atoms with Crippen molar-refractivity contribution in [3.63, 3.8) is 0 Å². The number of carbonyl (C=O) groups is 1. The summed E-state index contributed by atoms with van der Waals surface area (Å²) in [6.45, 7) is 5.99. The van der Waals surface area contributed by atoms with Crippen molar-refractivity contribution in [2.45, 2.75) is 103 Å². The first-order chi connectivity index (χ1) is 14.3. The summed E-state index contributed by atoms with van der Waals surface area (Å²) < 4.78 is 0. The van der Waals surface area contributed by atoms with E-state index in [0.717, 1.165) is 18.4 Å². The number of carbonyl (C=O) groups excluding carboxylic acids is 1. The summed E-state index contributed by atoms with van der Waals surface area (Å²) in [5, 5.41) is 3.11. The Balaban J connectivity index is 2.01. The maximum absolute atomic E-state index is 12.5. The summed E-state index contributed by atoms with van der Waals surface area (Å²) in [7, 11) is 0. The van der Waals surface area contributed by atoms with Crippen molar-refractivity contribution >= 4 is 5.78 Å². The molecule has 0 aromatic heterocycles. The van der Waals surface area contributed by atoms with E-state index < -0.39 is 0 Å². The van der Waals surface area contributed by atoms with Crippen LogP contribution in [0.4, 0.5) is 0 Å². The number of hydrogen-bond donors (Lipinski definition) is 1. The van der Waals surface area contributed by atoms with Crippen LogP contribution in [0.15, 0.2) is 55.3 Å².